The highest BCUT2D eigenvalue weighted by Gasteiger charge is 2.35. The quantitative estimate of drug-likeness (QED) is 0.860. The van der Waals surface area contributed by atoms with Crippen LogP contribution in [0.1, 0.15) is 25.5 Å². The lowest BCUT2D eigenvalue weighted by Gasteiger charge is -2.27. The molecule has 1 aromatic rings. The third-order valence-corrected chi connectivity index (χ3v) is 5.54. The van der Waals surface area contributed by atoms with Crippen molar-refractivity contribution in [2.45, 2.75) is 25.1 Å². The molecule has 0 saturated heterocycles. The number of rotatable bonds is 6. The summed E-state index contributed by atoms with van der Waals surface area (Å²) in [5, 5.41) is 7.39. The molecule has 2 unspecified atom stereocenters. The number of hydrogen-bond donors (Lipinski definition) is 1. The molecule has 0 amide bonds. The van der Waals surface area contributed by atoms with E-state index in [1.165, 1.54) is 14.2 Å². The summed E-state index contributed by atoms with van der Waals surface area (Å²) in [6.45, 7) is 2.84. The lowest BCUT2D eigenvalue weighted by atomic mass is 10.1. The first-order chi connectivity index (χ1) is 9.23. The Morgan fingerprint density at radius 1 is 1.30 bits per heavy atom. The average Bonchev–Trinajstić information content (AvgIpc) is 2.44. The standard InChI is InChI=1S/C13H19NO5S/c1-9(11-7-5-6-8-12(11)19-4)14(3)20(17,18)10(2)13(15)16/h5-10H,1-4H3,(H,15,16). The van der Waals surface area contributed by atoms with E-state index in [9.17, 15) is 13.2 Å². The Kier molecular flexibility index (Phi) is 5.13. The fourth-order valence-electron chi connectivity index (χ4n) is 1.80. The van der Waals surface area contributed by atoms with Crippen LogP contribution in [0.15, 0.2) is 24.3 Å². The number of methoxy groups -OCH3 is 1. The molecule has 0 bridgehead atoms. The summed E-state index contributed by atoms with van der Waals surface area (Å²) in [4.78, 5) is 10.9. The summed E-state index contributed by atoms with van der Waals surface area (Å²) in [5.74, 6) is -0.811. The van der Waals surface area contributed by atoms with Crippen molar-refractivity contribution in [3.63, 3.8) is 0 Å². The third kappa shape index (κ3) is 3.10. The Morgan fingerprint density at radius 2 is 1.85 bits per heavy atom. The highest BCUT2D eigenvalue weighted by atomic mass is 32.2. The van der Waals surface area contributed by atoms with Crippen LogP contribution < -0.4 is 4.74 Å². The van der Waals surface area contributed by atoms with Crippen molar-refractivity contribution in [1.29, 1.82) is 0 Å². The molecule has 0 aliphatic carbocycles. The van der Waals surface area contributed by atoms with Crippen LogP contribution in [0, 0.1) is 0 Å². The van der Waals surface area contributed by atoms with Crippen molar-refractivity contribution in [3.05, 3.63) is 29.8 Å². The predicted molar refractivity (Wildman–Crippen MR) is 75.2 cm³/mol. The minimum Gasteiger partial charge on any atom is -0.496 e. The van der Waals surface area contributed by atoms with E-state index >= 15 is 0 Å². The molecular formula is C13H19NO5S. The molecule has 0 radical (unpaired) electrons. The van der Waals surface area contributed by atoms with Crippen molar-refractivity contribution < 1.29 is 23.1 Å². The minimum atomic E-state index is -3.93. The van der Waals surface area contributed by atoms with Gasteiger partial charge in [-0.05, 0) is 19.9 Å². The van der Waals surface area contributed by atoms with Gasteiger partial charge in [0.25, 0.3) is 0 Å². The number of para-hydroxylation sites is 1. The zero-order chi connectivity index (χ0) is 15.5. The van der Waals surface area contributed by atoms with Gasteiger partial charge in [0.1, 0.15) is 5.75 Å². The largest absolute Gasteiger partial charge is 0.496 e. The maximum atomic E-state index is 12.2. The van der Waals surface area contributed by atoms with E-state index in [-0.39, 0.29) is 0 Å². The number of aliphatic carboxylic acids is 1. The maximum Gasteiger partial charge on any atom is 0.323 e. The Hall–Kier alpha value is -1.60. The van der Waals surface area contributed by atoms with Gasteiger partial charge in [0, 0.05) is 12.6 Å². The van der Waals surface area contributed by atoms with Crippen molar-refractivity contribution in [1.82, 2.24) is 4.31 Å². The SMILES string of the molecule is COc1ccccc1C(C)N(C)S(=O)(=O)C(C)C(=O)O. The number of sulfonamides is 1. The summed E-state index contributed by atoms with van der Waals surface area (Å²) in [7, 11) is -1.07. The molecular weight excluding hydrogens is 282 g/mol. The van der Waals surface area contributed by atoms with E-state index in [1.807, 2.05) is 0 Å². The molecule has 1 aromatic carbocycles. The second-order valence-corrected chi connectivity index (χ2v) is 6.77. The number of ether oxygens (including phenoxy) is 1. The molecule has 1 N–H and O–H groups in total. The van der Waals surface area contributed by atoms with E-state index in [0.717, 1.165) is 11.2 Å². The van der Waals surface area contributed by atoms with Gasteiger partial charge >= 0.3 is 5.97 Å². The normalized spacial score (nSPS) is 14.8. The Bertz CT molecular complexity index is 584. The lowest BCUT2D eigenvalue weighted by molar-refractivity contribution is -0.136. The van der Waals surface area contributed by atoms with Gasteiger partial charge in [0.15, 0.2) is 5.25 Å². The minimum absolute atomic E-state index is 0.530. The molecule has 0 aromatic heterocycles. The van der Waals surface area contributed by atoms with Crippen LogP contribution >= 0.6 is 0 Å². The Morgan fingerprint density at radius 3 is 2.35 bits per heavy atom. The lowest BCUT2D eigenvalue weighted by Crippen LogP contribution is -2.40. The van der Waals surface area contributed by atoms with Gasteiger partial charge in [-0.2, -0.15) is 4.31 Å². The molecule has 2 atom stereocenters. The van der Waals surface area contributed by atoms with E-state index in [4.69, 9.17) is 9.84 Å². The topological polar surface area (TPSA) is 83.9 Å². The zero-order valence-electron chi connectivity index (χ0n) is 11.9. The molecule has 0 aliphatic heterocycles. The molecule has 0 heterocycles. The fraction of sp³-hybridized carbons (Fsp3) is 0.462. The average molecular weight is 301 g/mol. The molecule has 1 rings (SSSR count). The molecule has 0 spiro atoms. The van der Waals surface area contributed by atoms with Crippen LogP contribution in [0.5, 0.6) is 5.75 Å². The maximum absolute atomic E-state index is 12.2. The van der Waals surface area contributed by atoms with Gasteiger partial charge < -0.3 is 9.84 Å². The number of carboxylic acid groups (broad SMARTS) is 1. The van der Waals surface area contributed by atoms with Crippen LogP contribution in [0.2, 0.25) is 0 Å². The van der Waals surface area contributed by atoms with Gasteiger partial charge in [-0.15, -0.1) is 0 Å². The molecule has 20 heavy (non-hydrogen) atoms. The Labute approximate surface area is 119 Å². The molecule has 6 nitrogen and oxygen atoms in total. The zero-order valence-corrected chi connectivity index (χ0v) is 12.7. The number of benzene rings is 1. The summed E-state index contributed by atoms with van der Waals surface area (Å²) >= 11 is 0. The van der Waals surface area contributed by atoms with Gasteiger partial charge in [-0.25, -0.2) is 8.42 Å². The molecule has 112 valence electrons. The summed E-state index contributed by atoms with van der Waals surface area (Å²) < 4.78 is 30.6. The predicted octanol–water partition coefficient (Wildman–Crippen LogP) is 1.49. The second-order valence-electron chi connectivity index (χ2n) is 4.46. The van der Waals surface area contributed by atoms with E-state index in [1.54, 1.807) is 31.2 Å². The first-order valence-corrected chi connectivity index (χ1v) is 7.56. The van der Waals surface area contributed by atoms with Crippen LogP contribution in [-0.2, 0) is 14.8 Å². The number of carbonyl (C=O) groups is 1. The van der Waals surface area contributed by atoms with Crippen LogP contribution in [0.25, 0.3) is 0 Å². The first-order valence-electron chi connectivity index (χ1n) is 6.06. The monoisotopic (exact) mass is 301 g/mol. The fourth-order valence-corrected chi connectivity index (χ4v) is 3.11. The third-order valence-electron chi connectivity index (χ3n) is 3.33. The summed E-state index contributed by atoms with van der Waals surface area (Å²) in [6.07, 6.45) is 0. The van der Waals surface area contributed by atoms with Crippen LogP contribution in [0.4, 0.5) is 0 Å². The highest BCUT2D eigenvalue weighted by molar-refractivity contribution is 7.90. The number of nitrogens with zero attached hydrogens (tertiary/aromatic N) is 1. The van der Waals surface area contributed by atoms with Crippen molar-refractivity contribution in [2.24, 2.45) is 0 Å². The second kappa shape index (κ2) is 6.23. The molecule has 7 heteroatoms. The molecule has 0 saturated carbocycles. The van der Waals surface area contributed by atoms with Gasteiger partial charge in [-0.3, -0.25) is 4.79 Å². The number of carboxylic acids is 1. The Balaban J connectivity index is 3.14. The smallest absolute Gasteiger partial charge is 0.323 e. The van der Waals surface area contributed by atoms with Crippen LogP contribution in [-0.4, -0.2) is 43.2 Å². The van der Waals surface area contributed by atoms with Crippen molar-refractivity contribution in [2.75, 3.05) is 14.2 Å². The van der Waals surface area contributed by atoms with E-state index in [2.05, 4.69) is 0 Å². The van der Waals surface area contributed by atoms with Gasteiger partial charge in [0.05, 0.1) is 13.2 Å². The van der Waals surface area contributed by atoms with E-state index < -0.39 is 27.3 Å². The van der Waals surface area contributed by atoms with Gasteiger partial charge in [0.2, 0.25) is 10.0 Å². The molecule has 0 aliphatic rings. The number of hydrogen-bond acceptors (Lipinski definition) is 4. The summed E-state index contributed by atoms with van der Waals surface area (Å²) in [6, 6.07) is 6.50. The summed E-state index contributed by atoms with van der Waals surface area (Å²) in [5.41, 5.74) is 0.679. The highest BCUT2D eigenvalue weighted by Crippen LogP contribution is 2.30. The van der Waals surface area contributed by atoms with Crippen LogP contribution in [0.3, 0.4) is 0 Å². The van der Waals surface area contributed by atoms with Crippen molar-refractivity contribution in [3.8, 4) is 5.75 Å². The first kappa shape index (κ1) is 16.5. The van der Waals surface area contributed by atoms with Crippen molar-refractivity contribution >= 4 is 16.0 Å². The van der Waals surface area contributed by atoms with Gasteiger partial charge in [-0.1, -0.05) is 18.2 Å². The van der Waals surface area contributed by atoms with E-state index in [0.29, 0.717) is 11.3 Å². The molecule has 0 fully saturated rings.